The van der Waals surface area contributed by atoms with Gasteiger partial charge in [0.25, 0.3) is 5.91 Å². The quantitative estimate of drug-likeness (QED) is 0.559. The molecule has 19 heavy (non-hydrogen) atoms. The van der Waals surface area contributed by atoms with Gasteiger partial charge in [-0.15, -0.1) is 0 Å². The number of primary amides is 1. The van der Waals surface area contributed by atoms with Gasteiger partial charge in [-0.2, -0.15) is 0 Å². The van der Waals surface area contributed by atoms with E-state index in [1.807, 2.05) is 6.92 Å². The molecule has 1 amide bonds. The van der Waals surface area contributed by atoms with Crippen LogP contribution in [0.5, 0.6) is 5.75 Å². The fourth-order valence-corrected chi connectivity index (χ4v) is 2.00. The van der Waals surface area contributed by atoms with E-state index >= 15 is 0 Å². The number of anilines is 1. The lowest BCUT2D eigenvalue weighted by atomic mass is 10.1. The lowest BCUT2D eigenvalue weighted by molar-refractivity contribution is 0.0993. The van der Waals surface area contributed by atoms with Crippen LogP contribution in [0.15, 0.2) is 18.2 Å². The first-order valence-electron chi connectivity index (χ1n) is 6.91. The highest BCUT2D eigenvalue weighted by Crippen LogP contribution is 2.27. The van der Waals surface area contributed by atoms with E-state index in [0.717, 1.165) is 12.8 Å². The number of nitrogen functional groups attached to an aromatic ring is 1. The zero-order chi connectivity index (χ0) is 14.3. The number of nitrogens with two attached hydrogens (primary N) is 2. The molecule has 4 heteroatoms. The molecule has 0 aliphatic carbocycles. The number of ether oxygens (including phenoxy) is 1. The van der Waals surface area contributed by atoms with Crippen molar-refractivity contribution in [3.05, 3.63) is 23.8 Å². The zero-order valence-corrected chi connectivity index (χ0v) is 11.8. The van der Waals surface area contributed by atoms with Crippen LogP contribution in [0.25, 0.3) is 0 Å². The number of para-hydroxylation sites is 1. The van der Waals surface area contributed by atoms with Crippen LogP contribution in [-0.4, -0.2) is 12.0 Å². The van der Waals surface area contributed by atoms with Crippen LogP contribution in [0.1, 0.15) is 56.3 Å². The molecule has 0 saturated heterocycles. The van der Waals surface area contributed by atoms with E-state index in [1.54, 1.807) is 18.2 Å². The van der Waals surface area contributed by atoms with E-state index in [1.165, 1.54) is 19.3 Å². The van der Waals surface area contributed by atoms with Gasteiger partial charge in [-0.3, -0.25) is 4.79 Å². The van der Waals surface area contributed by atoms with E-state index < -0.39 is 5.91 Å². The minimum atomic E-state index is -0.513. The Labute approximate surface area is 115 Å². The van der Waals surface area contributed by atoms with Gasteiger partial charge in [0.05, 0.1) is 17.4 Å². The molecule has 0 saturated carbocycles. The standard InChI is InChI=1S/C15H24N2O2/c1-3-4-5-6-8-11(2)19-14-12(15(17)18)9-7-10-13(14)16/h7,9-11H,3-6,8,16H2,1-2H3,(H2,17,18). The summed E-state index contributed by atoms with van der Waals surface area (Å²) in [5, 5.41) is 0. The largest absolute Gasteiger partial charge is 0.488 e. The van der Waals surface area contributed by atoms with Gasteiger partial charge in [0, 0.05) is 0 Å². The average Bonchev–Trinajstić information content (AvgIpc) is 2.37. The molecule has 0 aliphatic rings. The van der Waals surface area contributed by atoms with Gasteiger partial charge < -0.3 is 16.2 Å². The molecule has 0 radical (unpaired) electrons. The van der Waals surface area contributed by atoms with Crippen LogP contribution in [0, 0.1) is 0 Å². The van der Waals surface area contributed by atoms with Gasteiger partial charge in [-0.1, -0.05) is 32.3 Å². The molecular weight excluding hydrogens is 240 g/mol. The number of carbonyl (C=O) groups excluding carboxylic acids is 1. The first kappa shape index (κ1) is 15.3. The van der Waals surface area contributed by atoms with E-state index in [0.29, 0.717) is 17.0 Å². The van der Waals surface area contributed by atoms with Crippen molar-refractivity contribution in [1.82, 2.24) is 0 Å². The summed E-state index contributed by atoms with van der Waals surface area (Å²) < 4.78 is 5.79. The minimum absolute atomic E-state index is 0.0275. The fraction of sp³-hybridized carbons (Fsp3) is 0.533. The third-order valence-electron chi connectivity index (χ3n) is 3.09. The molecule has 0 spiro atoms. The van der Waals surface area contributed by atoms with Crippen LogP contribution < -0.4 is 16.2 Å². The molecule has 1 rings (SSSR count). The second-order valence-corrected chi connectivity index (χ2v) is 4.87. The Balaban J connectivity index is 2.63. The number of amides is 1. The highest BCUT2D eigenvalue weighted by Gasteiger charge is 2.15. The maximum atomic E-state index is 11.3. The van der Waals surface area contributed by atoms with Gasteiger partial charge >= 0.3 is 0 Å². The normalized spacial score (nSPS) is 12.1. The third-order valence-corrected chi connectivity index (χ3v) is 3.09. The van der Waals surface area contributed by atoms with Crippen LogP contribution in [-0.2, 0) is 0 Å². The van der Waals surface area contributed by atoms with Crippen LogP contribution in [0.3, 0.4) is 0 Å². The van der Waals surface area contributed by atoms with Crippen molar-refractivity contribution in [3.8, 4) is 5.75 Å². The van der Waals surface area contributed by atoms with Crippen molar-refractivity contribution in [2.24, 2.45) is 5.73 Å². The Morgan fingerprint density at radius 1 is 1.32 bits per heavy atom. The summed E-state index contributed by atoms with van der Waals surface area (Å²) in [6, 6.07) is 5.05. The second-order valence-electron chi connectivity index (χ2n) is 4.87. The number of rotatable bonds is 8. The Morgan fingerprint density at radius 3 is 2.68 bits per heavy atom. The summed E-state index contributed by atoms with van der Waals surface area (Å²) in [7, 11) is 0. The third kappa shape index (κ3) is 4.81. The first-order valence-corrected chi connectivity index (χ1v) is 6.91. The minimum Gasteiger partial charge on any atom is -0.488 e. The molecule has 106 valence electrons. The average molecular weight is 264 g/mol. The first-order chi connectivity index (χ1) is 9.06. The van der Waals surface area contributed by atoms with Crippen molar-refractivity contribution in [2.75, 3.05) is 5.73 Å². The number of carbonyl (C=O) groups is 1. The summed E-state index contributed by atoms with van der Waals surface area (Å²) in [6.07, 6.45) is 5.76. The molecule has 1 aromatic rings. The fourth-order valence-electron chi connectivity index (χ4n) is 2.00. The molecule has 0 fully saturated rings. The Kier molecular flexibility index (Phi) is 6.19. The van der Waals surface area contributed by atoms with Gasteiger partial charge in [0.2, 0.25) is 0 Å². The van der Waals surface area contributed by atoms with Crippen molar-refractivity contribution in [2.45, 2.75) is 52.1 Å². The van der Waals surface area contributed by atoms with E-state index in [4.69, 9.17) is 16.2 Å². The number of unbranched alkanes of at least 4 members (excludes halogenated alkanes) is 3. The van der Waals surface area contributed by atoms with Crippen LogP contribution >= 0.6 is 0 Å². The molecule has 1 unspecified atom stereocenters. The molecule has 4 nitrogen and oxygen atoms in total. The maximum Gasteiger partial charge on any atom is 0.252 e. The Bertz CT molecular complexity index is 419. The van der Waals surface area contributed by atoms with Crippen molar-refractivity contribution >= 4 is 11.6 Å². The summed E-state index contributed by atoms with van der Waals surface area (Å²) >= 11 is 0. The highest BCUT2D eigenvalue weighted by atomic mass is 16.5. The number of hydrogen-bond acceptors (Lipinski definition) is 3. The zero-order valence-electron chi connectivity index (χ0n) is 11.8. The molecular formula is C15H24N2O2. The lowest BCUT2D eigenvalue weighted by Gasteiger charge is -2.18. The van der Waals surface area contributed by atoms with Crippen LogP contribution in [0.4, 0.5) is 5.69 Å². The Morgan fingerprint density at radius 2 is 2.05 bits per heavy atom. The molecule has 0 aromatic heterocycles. The van der Waals surface area contributed by atoms with Gasteiger partial charge in [-0.25, -0.2) is 0 Å². The monoisotopic (exact) mass is 264 g/mol. The topological polar surface area (TPSA) is 78.3 Å². The summed E-state index contributed by atoms with van der Waals surface area (Å²) in [5.41, 5.74) is 12.0. The predicted octanol–water partition coefficient (Wildman–Crippen LogP) is 3.11. The lowest BCUT2D eigenvalue weighted by Crippen LogP contribution is -2.18. The molecule has 0 bridgehead atoms. The van der Waals surface area contributed by atoms with Crippen molar-refractivity contribution in [3.63, 3.8) is 0 Å². The summed E-state index contributed by atoms with van der Waals surface area (Å²) in [4.78, 5) is 11.3. The van der Waals surface area contributed by atoms with Gasteiger partial charge in [0.15, 0.2) is 5.75 Å². The Hall–Kier alpha value is -1.71. The van der Waals surface area contributed by atoms with Gasteiger partial charge in [0.1, 0.15) is 0 Å². The summed E-state index contributed by atoms with van der Waals surface area (Å²) in [5.74, 6) is -0.0986. The smallest absolute Gasteiger partial charge is 0.252 e. The molecule has 4 N–H and O–H groups in total. The molecule has 0 heterocycles. The number of hydrogen-bond donors (Lipinski definition) is 2. The van der Waals surface area contributed by atoms with Crippen molar-refractivity contribution in [1.29, 1.82) is 0 Å². The van der Waals surface area contributed by atoms with Crippen LogP contribution in [0.2, 0.25) is 0 Å². The molecule has 1 aromatic carbocycles. The molecule has 1 atom stereocenters. The van der Waals surface area contributed by atoms with E-state index in [-0.39, 0.29) is 6.10 Å². The van der Waals surface area contributed by atoms with Crippen molar-refractivity contribution < 1.29 is 9.53 Å². The second kappa shape index (κ2) is 7.67. The summed E-state index contributed by atoms with van der Waals surface area (Å²) in [6.45, 7) is 4.17. The predicted molar refractivity (Wildman–Crippen MR) is 78.2 cm³/mol. The van der Waals surface area contributed by atoms with E-state index in [9.17, 15) is 4.79 Å². The van der Waals surface area contributed by atoms with E-state index in [2.05, 4.69) is 6.92 Å². The molecule has 0 aliphatic heterocycles. The number of benzene rings is 1. The van der Waals surface area contributed by atoms with Gasteiger partial charge in [-0.05, 0) is 31.9 Å². The highest BCUT2D eigenvalue weighted by molar-refractivity contribution is 5.97. The maximum absolute atomic E-state index is 11.3. The SMILES string of the molecule is CCCCCCC(C)Oc1c(N)cccc1C(N)=O.